The summed E-state index contributed by atoms with van der Waals surface area (Å²) in [5.74, 6) is -1.14. The van der Waals surface area contributed by atoms with Gasteiger partial charge in [0.15, 0.2) is 0 Å². The summed E-state index contributed by atoms with van der Waals surface area (Å²) in [6.07, 6.45) is 3.05. The number of carbonyl (C=O) groups is 1. The maximum absolute atomic E-state index is 14.0. The number of allylic oxidation sites excluding steroid dienone is 3. The van der Waals surface area contributed by atoms with Crippen LogP contribution < -0.4 is 11.1 Å². The molecule has 0 aliphatic carbocycles. The van der Waals surface area contributed by atoms with Crippen molar-refractivity contribution in [3.05, 3.63) is 65.7 Å². The van der Waals surface area contributed by atoms with Crippen molar-refractivity contribution in [3.63, 3.8) is 0 Å². The Morgan fingerprint density at radius 3 is 2.93 bits per heavy atom. The van der Waals surface area contributed by atoms with E-state index in [1.165, 1.54) is 13.0 Å². The maximum atomic E-state index is 14.0. The van der Waals surface area contributed by atoms with Crippen LogP contribution in [0.4, 0.5) is 10.1 Å². The van der Waals surface area contributed by atoms with Gasteiger partial charge >= 0.3 is 0 Å². The standard InChI is InChI=1S/C19H23FIN3O2S/c1-4-14(20)16(15(25)5-2)17(26)23-13-8-6-7-12(11-13)19(3)9-10-27-18(22)24(19)21/h4-8,11,18,25H,1,9-10,22H2,2-3H3,(H,23,26)/b15-5+,16-14-. The third-order valence-electron chi connectivity index (χ3n) is 4.49. The normalized spacial score (nSPS) is 24.9. The first-order chi connectivity index (χ1) is 12.7. The van der Waals surface area contributed by atoms with E-state index < -0.39 is 23.1 Å². The number of nitrogens with one attached hydrogen (secondary N) is 1. The van der Waals surface area contributed by atoms with Gasteiger partial charge in [-0.3, -0.25) is 4.79 Å². The van der Waals surface area contributed by atoms with Gasteiger partial charge in [0.25, 0.3) is 5.91 Å². The third kappa shape index (κ3) is 4.74. The zero-order valence-electron chi connectivity index (χ0n) is 15.2. The number of aliphatic hydroxyl groups is 1. The van der Waals surface area contributed by atoms with Crippen molar-refractivity contribution in [2.45, 2.75) is 31.3 Å². The molecule has 1 amide bonds. The quantitative estimate of drug-likeness (QED) is 0.178. The Labute approximate surface area is 177 Å². The summed E-state index contributed by atoms with van der Waals surface area (Å²) >= 11 is 3.92. The van der Waals surface area contributed by atoms with Crippen LogP contribution in [0.25, 0.3) is 0 Å². The molecule has 1 saturated heterocycles. The van der Waals surface area contributed by atoms with Crippen LogP contribution in [0.2, 0.25) is 0 Å². The molecule has 1 aromatic carbocycles. The van der Waals surface area contributed by atoms with Gasteiger partial charge in [-0.2, -0.15) is 0 Å². The first-order valence-electron chi connectivity index (χ1n) is 8.36. The fourth-order valence-electron chi connectivity index (χ4n) is 2.82. The van der Waals surface area contributed by atoms with Crippen LogP contribution >= 0.6 is 34.6 Å². The van der Waals surface area contributed by atoms with Crippen LogP contribution in [-0.4, -0.2) is 25.4 Å². The fourth-order valence-corrected chi connectivity index (χ4v) is 4.94. The fraction of sp³-hybridized carbons (Fsp3) is 0.316. The van der Waals surface area contributed by atoms with Gasteiger partial charge in [-0.05, 0) is 55.9 Å². The molecule has 1 heterocycles. The number of anilines is 1. The highest BCUT2D eigenvalue weighted by atomic mass is 127. The summed E-state index contributed by atoms with van der Waals surface area (Å²) in [6, 6.07) is 7.38. The number of thioether (sulfide) groups is 1. The minimum Gasteiger partial charge on any atom is -0.507 e. The lowest BCUT2D eigenvalue weighted by atomic mass is 9.89. The number of carbonyl (C=O) groups excluding carboxylic acids is 1. The molecule has 0 saturated carbocycles. The second-order valence-electron chi connectivity index (χ2n) is 6.23. The van der Waals surface area contributed by atoms with Crippen LogP contribution in [0, 0.1) is 0 Å². The van der Waals surface area contributed by atoms with E-state index in [1.807, 2.05) is 18.2 Å². The summed E-state index contributed by atoms with van der Waals surface area (Å²) in [4.78, 5) is 12.5. The minimum atomic E-state index is -0.889. The lowest BCUT2D eigenvalue weighted by Crippen LogP contribution is -2.49. The average Bonchev–Trinajstić information content (AvgIpc) is 2.66. The molecule has 2 unspecified atom stereocenters. The smallest absolute Gasteiger partial charge is 0.262 e. The minimum absolute atomic E-state index is 0.120. The number of nitrogens with zero attached hydrogens (tertiary/aromatic N) is 1. The van der Waals surface area contributed by atoms with Crippen LogP contribution in [0.3, 0.4) is 0 Å². The second kappa shape index (κ2) is 9.22. The first-order valence-corrected chi connectivity index (χ1v) is 10.4. The number of rotatable bonds is 5. The number of hydrogen-bond acceptors (Lipinski definition) is 5. The molecule has 1 aromatic rings. The molecule has 27 heavy (non-hydrogen) atoms. The molecule has 2 atom stereocenters. The SMILES string of the molecule is C=C/C(F)=C(C(=O)Nc1cccc(C2(C)CCSC(N)N2I)c1)\C(O)=C/C. The number of benzene rings is 1. The zero-order valence-corrected chi connectivity index (χ0v) is 18.2. The molecular formula is C19H23FIN3O2S. The summed E-state index contributed by atoms with van der Waals surface area (Å²) in [5, 5.41) is 12.5. The molecular weight excluding hydrogens is 480 g/mol. The molecule has 4 N–H and O–H groups in total. The summed E-state index contributed by atoms with van der Waals surface area (Å²) in [7, 11) is 0. The molecule has 1 aliphatic heterocycles. The molecule has 0 spiro atoms. The highest BCUT2D eigenvalue weighted by Crippen LogP contribution is 2.43. The van der Waals surface area contributed by atoms with E-state index in [0.29, 0.717) is 5.69 Å². The Morgan fingerprint density at radius 2 is 2.30 bits per heavy atom. The van der Waals surface area contributed by atoms with Gasteiger partial charge in [-0.1, -0.05) is 18.7 Å². The lowest BCUT2D eigenvalue weighted by molar-refractivity contribution is -0.112. The van der Waals surface area contributed by atoms with E-state index in [-0.39, 0.29) is 11.0 Å². The highest BCUT2D eigenvalue weighted by molar-refractivity contribution is 14.1. The largest absolute Gasteiger partial charge is 0.507 e. The molecule has 8 heteroatoms. The van der Waals surface area contributed by atoms with E-state index in [4.69, 9.17) is 5.73 Å². The van der Waals surface area contributed by atoms with Crippen LogP contribution in [-0.2, 0) is 10.3 Å². The number of nitrogens with two attached hydrogens (primary N) is 1. The summed E-state index contributed by atoms with van der Waals surface area (Å²) in [5.41, 5.74) is 6.81. The molecule has 0 bridgehead atoms. The molecule has 146 valence electrons. The molecule has 1 fully saturated rings. The maximum Gasteiger partial charge on any atom is 0.262 e. The Bertz CT molecular complexity index is 799. The number of hydrogen-bond donors (Lipinski definition) is 3. The van der Waals surface area contributed by atoms with E-state index in [0.717, 1.165) is 23.8 Å². The zero-order chi connectivity index (χ0) is 20.2. The van der Waals surface area contributed by atoms with Gasteiger partial charge in [-0.15, -0.1) is 11.8 Å². The van der Waals surface area contributed by atoms with Crippen molar-refractivity contribution in [2.75, 3.05) is 11.1 Å². The summed E-state index contributed by atoms with van der Waals surface area (Å²) in [6.45, 7) is 6.94. The van der Waals surface area contributed by atoms with E-state index in [1.54, 1.807) is 17.8 Å². The van der Waals surface area contributed by atoms with Crippen LogP contribution in [0.1, 0.15) is 25.8 Å². The van der Waals surface area contributed by atoms with E-state index in [2.05, 4.69) is 44.8 Å². The van der Waals surface area contributed by atoms with Crippen molar-refractivity contribution < 1.29 is 14.3 Å². The Hall–Kier alpha value is -1.36. The van der Waals surface area contributed by atoms with Crippen molar-refractivity contribution in [1.82, 2.24) is 3.11 Å². The number of aliphatic hydroxyl groups excluding tert-OH is 1. The van der Waals surface area contributed by atoms with Gasteiger partial charge in [0, 0.05) is 28.6 Å². The average molecular weight is 503 g/mol. The first kappa shape index (κ1) is 21.9. The van der Waals surface area contributed by atoms with Gasteiger partial charge < -0.3 is 16.2 Å². The number of amides is 1. The predicted octanol–water partition coefficient (Wildman–Crippen LogP) is 4.74. The van der Waals surface area contributed by atoms with Crippen molar-refractivity contribution in [3.8, 4) is 0 Å². The third-order valence-corrected chi connectivity index (χ3v) is 7.52. The topological polar surface area (TPSA) is 78.6 Å². The van der Waals surface area contributed by atoms with Crippen molar-refractivity contribution in [1.29, 1.82) is 0 Å². The Morgan fingerprint density at radius 1 is 1.59 bits per heavy atom. The van der Waals surface area contributed by atoms with E-state index >= 15 is 0 Å². The lowest BCUT2D eigenvalue weighted by Gasteiger charge is -2.44. The van der Waals surface area contributed by atoms with Gasteiger partial charge in [-0.25, -0.2) is 7.50 Å². The van der Waals surface area contributed by atoms with Gasteiger partial charge in [0.05, 0.1) is 5.54 Å². The van der Waals surface area contributed by atoms with Crippen molar-refractivity contribution in [2.24, 2.45) is 5.73 Å². The molecule has 2 rings (SSSR count). The van der Waals surface area contributed by atoms with Crippen molar-refractivity contribution >= 4 is 46.2 Å². The Kier molecular flexibility index (Phi) is 7.49. The van der Waals surface area contributed by atoms with Crippen LogP contribution in [0.15, 0.2) is 60.2 Å². The second-order valence-corrected chi connectivity index (χ2v) is 8.50. The van der Waals surface area contributed by atoms with Gasteiger partial charge in [0.1, 0.15) is 22.7 Å². The molecule has 1 aliphatic rings. The van der Waals surface area contributed by atoms with Gasteiger partial charge in [0.2, 0.25) is 0 Å². The highest BCUT2D eigenvalue weighted by Gasteiger charge is 2.39. The monoisotopic (exact) mass is 503 g/mol. The summed E-state index contributed by atoms with van der Waals surface area (Å²) < 4.78 is 16.1. The number of halogens is 2. The Balaban J connectivity index is 2.33. The van der Waals surface area contributed by atoms with E-state index in [9.17, 15) is 14.3 Å². The van der Waals surface area contributed by atoms with Crippen LogP contribution in [0.5, 0.6) is 0 Å². The molecule has 0 radical (unpaired) electrons. The molecule has 0 aromatic heterocycles. The molecule has 5 nitrogen and oxygen atoms in total. The predicted molar refractivity (Wildman–Crippen MR) is 118 cm³/mol.